The summed E-state index contributed by atoms with van der Waals surface area (Å²) in [5.41, 5.74) is -0.790. The van der Waals surface area contributed by atoms with Gasteiger partial charge in [0.1, 0.15) is 0 Å². The van der Waals surface area contributed by atoms with Crippen molar-refractivity contribution >= 4 is 10.0 Å². The molecule has 3 nitrogen and oxygen atoms in total. The molecule has 0 unspecified atom stereocenters. The average molecular weight is 281 g/mol. The van der Waals surface area contributed by atoms with E-state index in [0.717, 1.165) is 12.1 Å². The molecule has 102 valence electrons. The van der Waals surface area contributed by atoms with Gasteiger partial charge in [-0.3, -0.25) is 0 Å². The molecule has 0 amide bonds. The van der Waals surface area contributed by atoms with E-state index < -0.39 is 32.7 Å². The number of hydrogen-bond acceptors (Lipinski definition) is 2. The summed E-state index contributed by atoms with van der Waals surface area (Å²) < 4.78 is 64.2. The lowest BCUT2D eigenvalue weighted by atomic mass is 10.1. The van der Waals surface area contributed by atoms with Gasteiger partial charge in [0, 0.05) is 6.04 Å². The quantitative estimate of drug-likeness (QED) is 0.926. The molecule has 0 spiro atoms. The van der Waals surface area contributed by atoms with Crippen LogP contribution in [0.5, 0.6) is 0 Å². The molecule has 0 bridgehead atoms. The Labute approximate surface area is 104 Å². The lowest BCUT2D eigenvalue weighted by molar-refractivity contribution is -0.139. The zero-order valence-corrected chi connectivity index (χ0v) is 11.0. The van der Waals surface area contributed by atoms with Crippen LogP contribution in [0, 0.1) is 6.92 Å². The van der Waals surface area contributed by atoms with E-state index in [1.54, 1.807) is 13.8 Å². The van der Waals surface area contributed by atoms with Gasteiger partial charge in [-0.05, 0) is 32.9 Å². The molecule has 1 aromatic rings. The van der Waals surface area contributed by atoms with Gasteiger partial charge in [-0.1, -0.05) is 11.6 Å². The first kappa shape index (κ1) is 15.0. The predicted molar refractivity (Wildman–Crippen MR) is 61.6 cm³/mol. The molecule has 18 heavy (non-hydrogen) atoms. The van der Waals surface area contributed by atoms with Crippen LogP contribution in [-0.2, 0) is 16.2 Å². The van der Waals surface area contributed by atoms with E-state index in [9.17, 15) is 21.6 Å². The number of rotatable bonds is 3. The lowest BCUT2D eigenvalue weighted by Gasteiger charge is -2.15. The van der Waals surface area contributed by atoms with Gasteiger partial charge in [-0.25, -0.2) is 13.1 Å². The third kappa shape index (κ3) is 3.46. The molecule has 0 radical (unpaired) electrons. The predicted octanol–water partition coefficient (Wildman–Crippen LogP) is 2.70. The van der Waals surface area contributed by atoms with Gasteiger partial charge in [-0.2, -0.15) is 13.2 Å². The molecule has 0 aliphatic carbocycles. The van der Waals surface area contributed by atoms with E-state index in [1.165, 1.54) is 13.0 Å². The van der Waals surface area contributed by atoms with Crippen molar-refractivity contribution in [3.8, 4) is 0 Å². The highest BCUT2D eigenvalue weighted by Crippen LogP contribution is 2.34. The maximum atomic E-state index is 12.8. The molecular weight excluding hydrogens is 267 g/mol. The van der Waals surface area contributed by atoms with Gasteiger partial charge in [0.15, 0.2) is 0 Å². The van der Waals surface area contributed by atoms with Gasteiger partial charge in [0.25, 0.3) is 0 Å². The SMILES string of the molecule is Cc1ccc(S(=O)(=O)NC(C)C)c(C(F)(F)F)c1. The topological polar surface area (TPSA) is 46.2 Å². The molecule has 1 N–H and O–H groups in total. The number of benzene rings is 1. The Kier molecular flexibility index (Phi) is 4.07. The molecule has 0 saturated carbocycles. The van der Waals surface area contributed by atoms with Crippen molar-refractivity contribution < 1.29 is 21.6 Å². The standard InChI is InChI=1S/C11H14F3NO2S/c1-7(2)15-18(16,17)10-5-4-8(3)6-9(10)11(12,13)14/h4-7,15H,1-3H3. The van der Waals surface area contributed by atoms with Crippen LogP contribution in [-0.4, -0.2) is 14.5 Å². The second-order valence-corrected chi connectivity index (χ2v) is 5.96. The maximum absolute atomic E-state index is 12.8. The van der Waals surface area contributed by atoms with Crippen molar-refractivity contribution in [3.05, 3.63) is 29.3 Å². The number of sulfonamides is 1. The van der Waals surface area contributed by atoms with E-state index in [-0.39, 0.29) is 0 Å². The molecular formula is C11H14F3NO2S. The second kappa shape index (κ2) is 4.89. The number of halogens is 3. The highest BCUT2D eigenvalue weighted by Gasteiger charge is 2.37. The fourth-order valence-electron chi connectivity index (χ4n) is 1.47. The van der Waals surface area contributed by atoms with Gasteiger partial charge >= 0.3 is 6.18 Å². The fraction of sp³-hybridized carbons (Fsp3) is 0.455. The maximum Gasteiger partial charge on any atom is 0.417 e. The van der Waals surface area contributed by atoms with Crippen LogP contribution in [0.1, 0.15) is 25.0 Å². The summed E-state index contributed by atoms with van der Waals surface area (Å²) in [6, 6.07) is 2.67. The van der Waals surface area contributed by atoms with E-state index in [1.807, 2.05) is 0 Å². The minimum Gasteiger partial charge on any atom is -0.209 e. The molecule has 0 aromatic heterocycles. The first-order valence-electron chi connectivity index (χ1n) is 5.24. The van der Waals surface area contributed by atoms with E-state index in [0.29, 0.717) is 5.56 Å². The highest BCUT2D eigenvalue weighted by molar-refractivity contribution is 7.89. The van der Waals surface area contributed by atoms with Crippen molar-refractivity contribution in [2.45, 2.75) is 37.9 Å². The normalized spacial score (nSPS) is 13.1. The second-order valence-electron chi connectivity index (χ2n) is 4.27. The summed E-state index contributed by atoms with van der Waals surface area (Å²) >= 11 is 0. The Bertz CT molecular complexity index is 536. The van der Waals surface area contributed by atoms with Crippen molar-refractivity contribution in [1.29, 1.82) is 0 Å². The van der Waals surface area contributed by atoms with Gasteiger partial charge in [0.2, 0.25) is 10.0 Å². The largest absolute Gasteiger partial charge is 0.417 e. The van der Waals surface area contributed by atoms with E-state index in [2.05, 4.69) is 4.72 Å². The number of aryl methyl sites for hydroxylation is 1. The summed E-state index contributed by atoms with van der Waals surface area (Å²) in [5, 5.41) is 0. The summed E-state index contributed by atoms with van der Waals surface area (Å²) in [7, 11) is -4.16. The molecule has 0 fully saturated rings. The Balaban J connectivity index is 3.42. The highest BCUT2D eigenvalue weighted by atomic mass is 32.2. The molecule has 0 aliphatic rings. The number of nitrogens with one attached hydrogen (secondary N) is 1. The molecule has 7 heteroatoms. The summed E-state index contributed by atoms with van der Waals surface area (Å²) in [6.07, 6.45) is -4.70. The molecule has 1 rings (SSSR count). The minimum atomic E-state index is -4.70. The Hall–Kier alpha value is -1.08. The van der Waals surface area contributed by atoms with Crippen LogP contribution in [0.2, 0.25) is 0 Å². The van der Waals surface area contributed by atoms with E-state index in [4.69, 9.17) is 0 Å². The summed E-state index contributed by atoms with van der Waals surface area (Å²) in [4.78, 5) is -0.741. The third-order valence-corrected chi connectivity index (χ3v) is 3.84. The van der Waals surface area contributed by atoms with Gasteiger partial charge in [-0.15, -0.1) is 0 Å². The van der Waals surface area contributed by atoms with E-state index >= 15 is 0 Å². The fourth-order valence-corrected chi connectivity index (χ4v) is 2.93. The number of hydrogen-bond donors (Lipinski definition) is 1. The molecule has 0 heterocycles. The monoisotopic (exact) mass is 281 g/mol. The first-order valence-corrected chi connectivity index (χ1v) is 6.72. The van der Waals surface area contributed by atoms with Crippen molar-refractivity contribution in [2.24, 2.45) is 0 Å². The van der Waals surface area contributed by atoms with Crippen LogP contribution in [0.3, 0.4) is 0 Å². The van der Waals surface area contributed by atoms with Crippen molar-refractivity contribution in [1.82, 2.24) is 4.72 Å². The van der Waals surface area contributed by atoms with Crippen molar-refractivity contribution in [2.75, 3.05) is 0 Å². The molecule has 0 saturated heterocycles. The summed E-state index contributed by atoms with van der Waals surface area (Å²) in [6.45, 7) is 4.56. The zero-order chi connectivity index (χ0) is 14.1. The molecule has 1 aromatic carbocycles. The third-order valence-electron chi connectivity index (χ3n) is 2.12. The Morgan fingerprint density at radius 1 is 1.22 bits per heavy atom. The van der Waals surface area contributed by atoms with Gasteiger partial charge in [0.05, 0.1) is 10.5 Å². The number of alkyl halides is 3. The first-order chi connectivity index (χ1) is 8.04. The van der Waals surface area contributed by atoms with Gasteiger partial charge < -0.3 is 0 Å². The molecule has 0 aliphatic heterocycles. The smallest absolute Gasteiger partial charge is 0.209 e. The Morgan fingerprint density at radius 3 is 2.22 bits per heavy atom. The zero-order valence-electron chi connectivity index (χ0n) is 10.2. The molecule has 0 atom stereocenters. The lowest BCUT2D eigenvalue weighted by Crippen LogP contribution is -2.31. The van der Waals surface area contributed by atoms with Crippen LogP contribution in [0.25, 0.3) is 0 Å². The minimum absolute atomic E-state index is 0.353. The van der Waals surface area contributed by atoms with Crippen LogP contribution >= 0.6 is 0 Å². The van der Waals surface area contributed by atoms with Crippen LogP contribution in [0.4, 0.5) is 13.2 Å². The van der Waals surface area contributed by atoms with Crippen molar-refractivity contribution in [3.63, 3.8) is 0 Å². The average Bonchev–Trinajstić information content (AvgIpc) is 2.13. The Morgan fingerprint density at radius 2 is 1.78 bits per heavy atom. The van der Waals surface area contributed by atoms with Crippen LogP contribution in [0.15, 0.2) is 23.1 Å². The summed E-state index contributed by atoms with van der Waals surface area (Å²) in [5.74, 6) is 0. The van der Waals surface area contributed by atoms with Crippen LogP contribution < -0.4 is 4.72 Å².